The zero-order valence-corrected chi connectivity index (χ0v) is 12.5. The Hall–Kier alpha value is -0.840. The van der Waals surface area contributed by atoms with E-state index in [1.807, 2.05) is 4.90 Å². The Balaban J connectivity index is 1.83. The first-order chi connectivity index (χ1) is 9.66. The fourth-order valence-corrected chi connectivity index (χ4v) is 3.32. The van der Waals surface area contributed by atoms with Gasteiger partial charge in [-0.15, -0.1) is 0 Å². The number of aromatic nitrogens is 1. The van der Waals surface area contributed by atoms with Crippen LogP contribution in [-0.2, 0) is 4.74 Å². The van der Waals surface area contributed by atoms with Gasteiger partial charge in [0, 0.05) is 12.7 Å². The van der Waals surface area contributed by atoms with Crippen molar-refractivity contribution >= 4 is 29.1 Å². The number of hydrogen-bond acceptors (Lipinski definition) is 3. The standard InChI is InChI=1S/C14H16Cl2N2O2/c15-10-7-9(8-17-13(10)16)14(19)18-5-6-20-12-4-2-1-3-11(12)18/h7-8,11-12H,1-6H2. The molecule has 1 saturated heterocycles. The highest BCUT2D eigenvalue weighted by atomic mass is 35.5. The number of amides is 1. The lowest BCUT2D eigenvalue weighted by molar-refractivity contribution is -0.0752. The summed E-state index contributed by atoms with van der Waals surface area (Å²) < 4.78 is 5.78. The molecule has 6 heteroatoms. The third-order valence-electron chi connectivity index (χ3n) is 4.04. The van der Waals surface area contributed by atoms with Gasteiger partial charge in [-0.2, -0.15) is 0 Å². The third kappa shape index (κ3) is 2.65. The van der Waals surface area contributed by atoms with Crippen molar-refractivity contribution in [2.45, 2.75) is 37.8 Å². The monoisotopic (exact) mass is 314 g/mol. The van der Waals surface area contributed by atoms with Crippen LogP contribution < -0.4 is 0 Å². The summed E-state index contributed by atoms with van der Waals surface area (Å²) in [5, 5.41) is 0.534. The minimum Gasteiger partial charge on any atom is -0.374 e. The molecule has 2 heterocycles. The van der Waals surface area contributed by atoms with Crippen LogP contribution in [0, 0.1) is 0 Å². The van der Waals surface area contributed by atoms with Crippen LogP contribution in [0.15, 0.2) is 12.3 Å². The highest BCUT2D eigenvalue weighted by Gasteiger charge is 2.37. The number of carbonyl (C=O) groups excluding carboxylic acids is 1. The first kappa shape index (κ1) is 14.1. The zero-order valence-electron chi connectivity index (χ0n) is 11.0. The number of fused-ring (bicyclic) bond motifs is 1. The van der Waals surface area contributed by atoms with Gasteiger partial charge in [-0.25, -0.2) is 4.98 Å². The number of hydrogen-bond donors (Lipinski definition) is 0. The van der Waals surface area contributed by atoms with Crippen molar-refractivity contribution in [2.24, 2.45) is 0 Å². The van der Waals surface area contributed by atoms with E-state index in [0.29, 0.717) is 23.7 Å². The number of pyridine rings is 1. The summed E-state index contributed by atoms with van der Waals surface area (Å²) in [4.78, 5) is 18.5. The number of ether oxygens (including phenoxy) is 1. The maximum atomic E-state index is 12.6. The van der Waals surface area contributed by atoms with Crippen molar-refractivity contribution in [3.05, 3.63) is 28.0 Å². The van der Waals surface area contributed by atoms with E-state index in [4.69, 9.17) is 27.9 Å². The molecule has 0 bridgehead atoms. The van der Waals surface area contributed by atoms with Gasteiger partial charge in [0.1, 0.15) is 5.15 Å². The van der Waals surface area contributed by atoms with Crippen LogP contribution in [0.1, 0.15) is 36.0 Å². The molecule has 1 aromatic heterocycles. The van der Waals surface area contributed by atoms with Crippen LogP contribution in [-0.4, -0.2) is 41.1 Å². The molecule has 20 heavy (non-hydrogen) atoms. The zero-order chi connectivity index (χ0) is 14.1. The quantitative estimate of drug-likeness (QED) is 0.748. The van der Waals surface area contributed by atoms with E-state index in [1.54, 1.807) is 6.07 Å². The van der Waals surface area contributed by atoms with Crippen LogP contribution >= 0.6 is 23.2 Å². The van der Waals surface area contributed by atoms with E-state index < -0.39 is 0 Å². The molecule has 4 nitrogen and oxygen atoms in total. The summed E-state index contributed by atoms with van der Waals surface area (Å²) in [6, 6.07) is 1.77. The molecule has 108 valence electrons. The summed E-state index contributed by atoms with van der Waals surface area (Å²) in [5.41, 5.74) is 0.491. The largest absolute Gasteiger partial charge is 0.374 e. The first-order valence-corrected chi connectivity index (χ1v) is 7.66. The second kappa shape index (κ2) is 5.88. The molecule has 1 aliphatic heterocycles. The van der Waals surface area contributed by atoms with Crippen molar-refractivity contribution in [1.29, 1.82) is 0 Å². The SMILES string of the molecule is O=C(c1cnc(Cl)c(Cl)c1)N1CCOC2CCCCC21. The molecule has 2 atom stereocenters. The second-order valence-electron chi connectivity index (χ2n) is 5.26. The molecule has 1 aromatic rings. The smallest absolute Gasteiger partial charge is 0.255 e. The highest BCUT2D eigenvalue weighted by molar-refractivity contribution is 6.41. The van der Waals surface area contributed by atoms with E-state index >= 15 is 0 Å². The Bertz CT molecular complexity index is 522. The van der Waals surface area contributed by atoms with E-state index in [1.165, 1.54) is 12.6 Å². The summed E-state index contributed by atoms with van der Waals surface area (Å²) in [7, 11) is 0. The normalized spacial score (nSPS) is 26.2. The maximum Gasteiger partial charge on any atom is 0.255 e. The number of halogens is 2. The summed E-state index contributed by atoms with van der Waals surface area (Å²) in [5.74, 6) is -0.0312. The summed E-state index contributed by atoms with van der Waals surface area (Å²) in [6.07, 6.45) is 6.03. The lowest BCUT2D eigenvalue weighted by Gasteiger charge is -2.43. The van der Waals surface area contributed by atoms with Crippen molar-refractivity contribution < 1.29 is 9.53 Å². The Morgan fingerprint density at radius 3 is 2.95 bits per heavy atom. The topological polar surface area (TPSA) is 42.4 Å². The van der Waals surface area contributed by atoms with E-state index in [-0.39, 0.29) is 23.2 Å². The predicted octanol–water partition coefficient (Wildman–Crippen LogP) is 3.17. The number of carbonyl (C=O) groups is 1. The van der Waals surface area contributed by atoms with Gasteiger partial charge in [0.2, 0.25) is 0 Å². The molecule has 0 N–H and O–H groups in total. The minimum absolute atomic E-state index is 0.0312. The summed E-state index contributed by atoms with van der Waals surface area (Å²) in [6.45, 7) is 1.22. The van der Waals surface area contributed by atoms with Gasteiger partial charge < -0.3 is 9.64 Å². The Kier molecular flexibility index (Phi) is 4.15. The fourth-order valence-electron chi connectivity index (χ4n) is 3.05. The molecule has 0 radical (unpaired) electrons. The van der Waals surface area contributed by atoms with Crippen molar-refractivity contribution in [3.8, 4) is 0 Å². The maximum absolute atomic E-state index is 12.6. The van der Waals surface area contributed by atoms with Crippen molar-refractivity contribution in [3.63, 3.8) is 0 Å². The molecule has 0 aromatic carbocycles. The lowest BCUT2D eigenvalue weighted by atomic mass is 9.90. The Morgan fingerprint density at radius 1 is 1.35 bits per heavy atom. The fraction of sp³-hybridized carbons (Fsp3) is 0.571. The van der Waals surface area contributed by atoms with Gasteiger partial charge in [0.15, 0.2) is 0 Å². The molecular weight excluding hydrogens is 299 g/mol. The van der Waals surface area contributed by atoms with Gasteiger partial charge in [0.25, 0.3) is 5.91 Å². The molecule has 3 rings (SSSR count). The number of nitrogens with zero attached hydrogens (tertiary/aromatic N) is 2. The third-order valence-corrected chi connectivity index (χ3v) is 4.72. The van der Waals surface area contributed by atoms with Crippen LogP contribution in [0.3, 0.4) is 0 Å². The molecule has 2 unspecified atom stereocenters. The average Bonchev–Trinajstić information content (AvgIpc) is 2.49. The Labute approximate surface area is 128 Å². The van der Waals surface area contributed by atoms with Gasteiger partial charge >= 0.3 is 0 Å². The molecule has 2 aliphatic rings. The van der Waals surface area contributed by atoms with Crippen LogP contribution in [0.4, 0.5) is 0 Å². The Morgan fingerprint density at radius 2 is 2.15 bits per heavy atom. The van der Waals surface area contributed by atoms with Gasteiger partial charge in [-0.1, -0.05) is 36.0 Å². The number of morpholine rings is 1. The van der Waals surface area contributed by atoms with Crippen molar-refractivity contribution in [2.75, 3.05) is 13.2 Å². The van der Waals surface area contributed by atoms with E-state index in [2.05, 4.69) is 4.98 Å². The first-order valence-electron chi connectivity index (χ1n) is 6.90. The number of rotatable bonds is 1. The van der Waals surface area contributed by atoms with Gasteiger partial charge in [0.05, 0.1) is 29.3 Å². The molecule has 2 fully saturated rings. The second-order valence-corrected chi connectivity index (χ2v) is 6.02. The van der Waals surface area contributed by atoms with E-state index in [9.17, 15) is 4.79 Å². The molecule has 0 spiro atoms. The molecule has 1 aliphatic carbocycles. The molecule has 1 amide bonds. The van der Waals surface area contributed by atoms with Gasteiger partial charge in [-0.3, -0.25) is 4.79 Å². The van der Waals surface area contributed by atoms with Crippen LogP contribution in [0.25, 0.3) is 0 Å². The average molecular weight is 315 g/mol. The van der Waals surface area contributed by atoms with Crippen LogP contribution in [0.5, 0.6) is 0 Å². The van der Waals surface area contributed by atoms with E-state index in [0.717, 1.165) is 19.3 Å². The molecular formula is C14H16Cl2N2O2. The summed E-state index contributed by atoms with van der Waals surface area (Å²) >= 11 is 11.7. The van der Waals surface area contributed by atoms with Gasteiger partial charge in [-0.05, 0) is 18.9 Å². The highest BCUT2D eigenvalue weighted by Crippen LogP contribution is 2.30. The van der Waals surface area contributed by atoms with Crippen LogP contribution in [0.2, 0.25) is 10.2 Å². The lowest BCUT2D eigenvalue weighted by Crippen LogP contribution is -2.54. The van der Waals surface area contributed by atoms with Crippen molar-refractivity contribution in [1.82, 2.24) is 9.88 Å². The molecule has 1 saturated carbocycles. The predicted molar refractivity (Wildman–Crippen MR) is 77.3 cm³/mol. The minimum atomic E-state index is -0.0312.